The highest BCUT2D eigenvalue weighted by Gasteiger charge is 2.23. The van der Waals surface area contributed by atoms with Crippen molar-refractivity contribution in [2.75, 3.05) is 7.11 Å². The number of carbonyl (C=O) groups excluding carboxylic acids is 1. The number of hydrogen-bond acceptors (Lipinski definition) is 6. The Bertz CT molecular complexity index is 935. The lowest BCUT2D eigenvalue weighted by Gasteiger charge is -2.23. The van der Waals surface area contributed by atoms with E-state index in [0.29, 0.717) is 11.2 Å². The van der Waals surface area contributed by atoms with E-state index in [1.54, 1.807) is 25.1 Å². The van der Waals surface area contributed by atoms with Crippen LogP contribution in [-0.4, -0.2) is 33.3 Å². The van der Waals surface area contributed by atoms with Gasteiger partial charge in [0, 0.05) is 16.8 Å². The molecule has 0 saturated heterocycles. The average Bonchev–Trinajstić information content (AvgIpc) is 3.10. The molecule has 27 heavy (non-hydrogen) atoms. The summed E-state index contributed by atoms with van der Waals surface area (Å²) in [7, 11) is 1.66. The summed E-state index contributed by atoms with van der Waals surface area (Å²) in [6, 6.07) is 9.91. The largest absolute Gasteiger partial charge is 0.497 e. The van der Waals surface area contributed by atoms with Crippen LogP contribution in [0.2, 0.25) is 0 Å². The maximum absolute atomic E-state index is 12.4. The first-order chi connectivity index (χ1) is 12.9. The molecule has 0 aliphatic carbocycles. The van der Waals surface area contributed by atoms with Gasteiger partial charge in [-0.25, -0.2) is 19.3 Å². The first-order valence-electron chi connectivity index (χ1n) is 8.74. The van der Waals surface area contributed by atoms with Gasteiger partial charge in [-0.15, -0.1) is 11.8 Å². The van der Waals surface area contributed by atoms with Crippen molar-refractivity contribution in [2.45, 2.75) is 43.4 Å². The second kappa shape index (κ2) is 8.00. The second-order valence-corrected chi connectivity index (χ2v) is 7.80. The van der Waals surface area contributed by atoms with E-state index in [4.69, 9.17) is 9.47 Å². The van der Waals surface area contributed by atoms with Crippen LogP contribution in [0.3, 0.4) is 0 Å². The summed E-state index contributed by atoms with van der Waals surface area (Å²) >= 11 is 1.66. The number of imidazole rings is 1. The number of fused-ring (bicyclic) bond motifs is 1. The summed E-state index contributed by atoms with van der Waals surface area (Å²) in [5.74, 6) is 1.65. The summed E-state index contributed by atoms with van der Waals surface area (Å²) in [5, 5.41) is 0. The molecule has 3 rings (SSSR count). The summed E-state index contributed by atoms with van der Waals surface area (Å²) < 4.78 is 12.0. The molecule has 0 atom stereocenters. The van der Waals surface area contributed by atoms with Gasteiger partial charge in [-0.1, -0.05) is 19.1 Å². The van der Waals surface area contributed by atoms with Gasteiger partial charge in [-0.2, -0.15) is 0 Å². The van der Waals surface area contributed by atoms with Crippen molar-refractivity contribution in [3.05, 3.63) is 48.4 Å². The van der Waals surface area contributed by atoms with Crippen molar-refractivity contribution in [3.8, 4) is 5.75 Å². The molecule has 0 bridgehead atoms. The van der Waals surface area contributed by atoms with Gasteiger partial charge >= 0.3 is 6.09 Å². The Morgan fingerprint density at radius 2 is 1.96 bits per heavy atom. The highest BCUT2D eigenvalue weighted by Crippen LogP contribution is 2.26. The quantitative estimate of drug-likeness (QED) is 0.562. The molecule has 0 spiro atoms. The minimum absolute atomic E-state index is 0.463. The third kappa shape index (κ3) is 4.60. The van der Waals surface area contributed by atoms with Crippen molar-refractivity contribution >= 4 is 29.0 Å². The molecule has 0 aliphatic rings. The van der Waals surface area contributed by atoms with E-state index >= 15 is 0 Å². The van der Waals surface area contributed by atoms with Crippen molar-refractivity contribution in [1.82, 2.24) is 14.5 Å². The molecule has 0 amide bonds. The summed E-state index contributed by atoms with van der Waals surface area (Å²) in [6.07, 6.45) is 3.48. The van der Waals surface area contributed by atoms with Crippen LogP contribution in [-0.2, 0) is 10.5 Å². The lowest BCUT2D eigenvalue weighted by atomic mass is 10.1. The zero-order valence-electron chi connectivity index (χ0n) is 15.9. The van der Waals surface area contributed by atoms with Crippen LogP contribution < -0.4 is 4.74 Å². The van der Waals surface area contributed by atoms with Crippen LogP contribution in [0.1, 0.15) is 32.8 Å². The number of thioether (sulfide) groups is 1. The summed E-state index contributed by atoms with van der Waals surface area (Å²) in [5.41, 5.74) is 1.83. The molecule has 0 unspecified atom stereocenters. The van der Waals surface area contributed by atoms with Crippen molar-refractivity contribution in [1.29, 1.82) is 0 Å². The molecule has 1 aromatic carbocycles. The van der Waals surface area contributed by atoms with E-state index in [0.717, 1.165) is 22.8 Å². The van der Waals surface area contributed by atoms with E-state index in [1.807, 2.05) is 51.1 Å². The molecule has 7 heteroatoms. The Morgan fingerprint density at radius 3 is 2.63 bits per heavy atom. The number of ether oxygens (including phenoxy) is 2. The van der Waals surface area contributed by atoms with Crippen molar-refractivity contribution < 1.29 is 14.3 Å². The Labute approximate surface area is 162 Å². The lowest BCUT2D eigenvalue weighted by Crippen LogP contribution is -2.29. The predicted octanol–water partition coefficient (Wildman–Crippen LogP) is 4.91. The monoisotopic (exact) mass is 385 g/mol. The zero-order valence-corrected chi connectivity index (χ0v) is 16.7. The predicted molar refractivity (Wildman–Crippen MR) is 106 cm³/mol. The molecular formula is C20H23N3O3S. The molecule has 0 N–H and O–H groups in total. The van der Waals surface area contributed by atoms with Gasteiger partial charge in [0.2, 0.25) is 0 Å². The smallest absolute Gasteiger partial charge is 0.421 e. The Balaban J connectivity index is 1.71. The normalized spacial score (nSPS) is 11.6. The van der Waals surface area contributed by atoms with E-state index in [-0.39, 0.29) is 0 Å². The Morgan fingerprint density at radius 1 is 1.22 bits per heavy atom. The van der Waals surface area contributed by atoms with Gasteiger partial charge in [-0.3, -0.25) is 0 Å². The van der Waals surface area contributed by atoms with E-state index in [2.05, 4.69) is 9.97 Å². The fraction of sp³-hybridized carbons (Fsp3) is 0.350. The topological polar surface area (TPSA) is 66.2 Å². The summed E-state index contributed by atoms with van der Waals surface area (Å²) in [4.78, 5) is 22.1. The summed E-state index contributed by atoms with van der Waals surface area (Å²) in [6.45, 7) is 5.74. The van der Waals surface area contributed by atoms with Crippen LogP contribution >= 0.6 is 11.8 Å². The first kappa shape index (κ1) is 19.2. The number of hydrogen-bond donors (Lipinski definition) is 0. The fourth-order valence-corrected chi connectivity index (χ4v) is 3.19. The Hall–Kier alpha value is -2.54. The van der Waals surface area contributed by atoms with E-state index in [1.165, 1.54) is 16.5 Å². The fourth-order valence-electron chi connectivity index (χ4n) is 2.34. The third-order valence-corrected chi connectivity index (χ3v) is 5.37. The van der Waals surface area contributed by atoms with Gasteiger partial charge in [0.15, 0.2) is 5.65 Å². The number of aromatic nitrogens is 3. The highest BCUT2D eigenvalue weighted by molar-refractivity contribution is 7.98. The minimum atomic E-state index is -0.526. The zero-order chi connectivity index (χ0) is 19.4. The van der Waals surface area contributed by atoms with Crippen LogP contribution in [0.4, 0.5) is 4.79 Å². The Kier molecular flexibility index (Phi) is 5.70. The molecular weight excluding hydrogens is 362 g/mol. The third-order valence-electron chi connectivity index (χ3n) is 4.34. The van der Waals surface area contributed by atoms with Gasteiger partial charge in [0.25, 0.3) is 0 Å². The van der Waals surface area contributed by atoms with Crippen molar-refractivity contribution in [2.24, 2.45) is 0 Å². The molecule has 142 valence electrons. The van der Waals surface area contributed by atoms with Gasteiger partial charge in [0.05, 0.1) is 7.11 Å². The van der Waals surface area contributed by atoms with Crippen LogP contribution in [0.25, 0.3) is 11.2 Å². The standard InChI is InChI=1S/C20H23N3O3S/c1-5-20(2,3)26-19(24)23-13-22-17-10-16(11-21-18(17)23)27-12-14-6-8-15(25-4)9-7-14/h6-11,13H,5,12H2,1-4H3. The minimum Gasteiger partial charge on any atom is -0.497 e. The highest BCUT2D eigenvalue weighted by atomic mass is 32.2. The number of carbonyl (C=O) groups is 1. The molecule has 3 aromatic rings. The first-order valence-corrected chi connectivity index (χ1v) is 9.72. The lowest BCUT2D eigenvalue weighted by molar-refractivity contribution is 0.0377. The maximum Gasteiger partial charge on any atom is 0.421 e. The second-order valence-electron chi connectivity index (χ2n) is 6.75. The van der Waals surface area contributed by atoms with Crippen LogP contribution in [0.5, 0.6) is 5.75 Å². The average molecular weight is 385 g/mol. The van der Waals surface area contributed by atoms with Crippen molar-refractivity contribution in [3.63, 3.8) is 0 Å². The molecule has 2 heterocycles. The number of benzene rings is 1. The molecule has 6 nitrogen and oxygen atoms in total. The SMILES string of the molecule is CCC(C)(C)OC(=O)n1cnc2cc(SCc3ccc(OC)cc3)cnc21. The van der Waals surface area contributed by atoms with E-state index < -0.39 is 11.7 Å². The maximum atomic E-state index is 12.4. The molecule has 0 radical (unpaired) electrons. The van der Waals surface area contributed by atoms with Gasteiger partial charge < -0.3 is 9.47 Å². The molecule has 0 aliphatic heterocycles. The number of pyridine rings is 1. The van der Waals surface area contributed by atoms with Crippen LogP contribution in [0, 0.1) is 0 Å². The number of nitrogens with zero attached hydrogens (tertiary/aromatic N) is 3. The van der Waals surface area contributed by atoms with Gasteiger partial charge in [-0.05, 0) is 44.0 Å². The van der Waals surface area contributed by atoms with Crippen LogP contribution in [0.15, 0.2) is 47.8 Å². The molecule has 0 saturated carbocycles. The molecule has 2 aromatic heterocycles. The number of methoxy groups -OCH3 is 1. The number of rotatable bonds is 6. The van der Waals surface area contributed by atoms with E-state index in [9.17, 15) is 4.79 Å². The molecule has 0 fully saturated rings. The van der Waals surface area contributed by atoms with Gasteiger partial charge in [0.1, 0.15) is 23.2 Å².